The molecule has 1 N–H and O–H groups in total. The van der Waals surface area contributed by atoms with Gasteiger partial charge in [0.15, 0.2) is 11.6 Å². The molecule has 0 aromatic heterocycles. The van der Waals surface area contributed by atoms with Crippen LogP contribution in [-0.2, 0) is 10.2 Å². The Morgan fingerprint density at radius 3 is 2.42 bits per heavy atom. The highest BCUT2D eigenvalue weighted by Gasteiger charge is 2.70. The third-order valence-electron chi connectivity index (χ3n) is 8.82. The maximum absolute atomic E-state index is 14.9. The van der Waals surface area contributed by atoms with Crippen LogP contribution in [0.5, 0.6) is 5.75 Å². The number of ether oxygens (including phenoxy) is 1. The lowest BCUT2D eigenvalue weighted by molar-refractivity contribution is -0.384. The van der Waals surface area contributed by atoms with Crippen molar-refractivity contribution in [2.24, 2.45) is 5.92 Å². The number of anilines is 1. The van der Waals surface area contributed by atoms with E-state index in [0.29, 0.717) is 17.0 Å². The molecule has 1 amide bonds. The first-order chi connectivity index (χ1) is 20.9. The van der Waals surface area contributed by atoms with Gasteiger partial charge in [0, 0.05) is 35.1 Å². The average molecular weight is 572 g/mol. The summed E-state index contributed by atoms with van der Waals surface area (Å²) in [4.78, 5) is 56.8. The normalized spacial score (nSPS) is 22.9. The van der Waals surface area contributed by atoms with Gasteiger partial charge in [-0.2, -0.15) is 0 Å². The molecule has 1 spiro atoms. The minimum absolute atomic E-state index is 0.0809. The zero-order chi connectivity index (χ0) is 29.9. The predicted molar refractivity (Wildman–Crippen MR) is 159 cm³/mol. The molecule has 3 aliphatic rings. The number of nitro groups is 1. The SMILES string of the molecule is COc1cccc(C(=O)C2C(C(=O)c3cccc([N+](=O)[O-])c3)N3C=Cc4ccccc4C3C23C(=O)Nc2ccccc23)c1. The molecule has 3 heterocycles. The van der Waals surface area contributed by atoms with E-state index in [0.717, 1.165) is 11.1 Å². The van der Waals surface area contributed by atoms with Crippen molar-refractivity contribution in [2.75, 3.05) is 12.4 Å². The number of fused-ring (bicyclic) bond motifs is 6. The fourth-order valence-electron chi connectivity index (χ4n) is 7.07. The van der Waals surface area contributed by atoms with Crippen molar-refractivity contribution < 1.29 is 24.0 Å². The van der Waals surface area contributed by atoms with Gasteiger partial charge in [-0.3, -0.25) is 24.5 Å². The van der Waals surface area contributed by atoms with Gasteiger partial charge in [-0.1, -0.05) is 66.7 Å². The number of nitrogens with zero attached hydrogens (tertiary/aromatic N) is 2. The van der Waals surface area contributed by atoms with Crippen molar-refractivity contribution in [3.63, 3.8) is 0 Å². The van der Waals surface area contributed by atoms with E-state index in [1.807, 2.05) is 48.5 Å². The average Bonchev–Trinajstić information content (AvgIpc) is 3.52. The van der Waals surface area contributed by atoms with Crippen LogP contribution in [0.2, 0.25) is 0 Å². The summed E-state index contributed by atoms with van der Waals surface area (Å²) >= 11 is 0. The zero-order valence-corrected chi connectivity index (χ0v) is 23.0. The minimum atomic E-state index is -1.50. The first-order valence-corrected chi connectivity index (χ1v) is 13.8. The van der Waals surface area contributed by atoms with Crippen LogP contribution in [-0.4, -0.2) is 40.4 Å². The summed E-state index contributed by atoms with van der Waals surface area (Å²) in [5.74, 6) is -2.03. The monoisotopic (exact) mass is 571 g/mol. The molecule has 4 atom stereocenters. The van der Waals surface area contributed by atoms with E-state index in [-0.39, 0.29) is 22.7 Å². The molecule has 0 bridgehead atoms. The fraction of sp³-hybridized carbons (Fsp3) is 0.147. The standard InChI is InChI=1S/C34H25N3O6/c1-43-24-12-7-10-22(19-24)30(38)28-29(31(39)21-9-6-11-23(18-21)37(41)42)36-17-16-20-8-2-3-13-25(20)32(36)34(28)26-14-4-5-15-27(26)35-33(34)40/h2-19,28-29,32H,1H3,(H,35,40). The van der Waals surface area contributed by atoms with Crippen molar-refractivity contribution in [3.05, 3.63) is 141 Å². The van der Waals surface area contributed by atoms with Crippen LogP contribution in [0, 0.1) is 16.0 Å². The number of carbonyl (C=O) groups is 3. The molecule has 1 saturated heterocycles. The van der Waals surface area contributed by atoms with Crippen LogP contribution in [0.15, 0.2) is 103 Å². The predicted octanol–water partition coefficient (Wildman–Crippen LogP) is 5.59. The Kier molecular flexibility index (Phi) is 5.98. The van der Waals surface area contributed by atoms with Crippen LogP contribution in [0.4, 0.5) is 11.4 Å². The molecule has 9 nitrogen and oxygen atoms in total. The van der Waals surface area contributed by atoms with E-state index in [1.54, 1.807) is 41.4 Å². The highest BCUT2D eigenvalue weighted by molar-refractivity contribution is 6.16. The van der Waals surface area contributed by atoms with E-state index in [9.17, 15) is 24.5 Å². The summed E-state index contributed by atoms with van der Waals surface area (Å²) in [6, 6.07) is 25.1. The summed E-state index contributed by atoms with van der Waals surface area (Å²) in [6.07, 6.45) is 3.63. The van der Waals surface area contributed by atoms with Crippen LogP contribution in [0.25, 0.3) is 6.08 Å². The van der Waals surface area contributed by atoms with Gasteiger partial charge in [-0.15, -0.1) is 0 Å². The Hall–Kier alpha value is -5.57. The molecule has 0 aliphatic carbocycles. The van der Waals surface area contributed by atoms with E-state index in [4.69, 9.17) is 4.74 Å². The number of hydrogen-bond donors (Lipinski definition) is 1. The molecule has 0 radical (unpaired) electrons. The third-order valence-corrected chi connectivity index (χ3v) is 8.82. The topological polar surface area (TPSA) is 119 Å². The number of ketones is 2. The second-order valence-corrected chi connectivity index (χ2v) is 10.9. The highest BCUT2D eigenvalue weighted by atomic mass is 16.6. The Bertz CT molecular complexity index is 1880. The number of methoxy groups -OCH3 is 1. The van der Waals surface area contributed by atoms with Gasteiger partial charge in [0.25, 0.3) is 5.69 Å². The zero-order valence-electron chi connectivity index (χ0n) is 23.0. The molecule has 7 rings (SSSR count). The Morgan fingerprint density at radius 1 is 0.907 bits per heavy atom. The number of amides is 1. The van der Waals surface area contributed by atoms with Crippen LogP contribution in [0.3, 0.4) is 0 Å². The lowest BCUT2D eigenvalue weighted by Gasteiger charge is -2.38. The summed E-state index contributed by atoms with van der Waals surface area (Å²) < 4.78 is 5.40. The quantitative estimate of drug-likeness (QED) is 0.182. The van der Waals surface area contributed by atoms with Gasteiger partial charge in [0.2, 0.25) is 5.91 Å². The number of Topliss-reactive ketones (excluding diaryl/α,β-unsaturated/α-hetero) is 2. The molecule has 3 aliphatic heterocycles. The molecular formula is C34H25N3O6. The maximum atomic E-state index is 14.9. The summed E-state index contributed by atoms with van der Waals surface area (Å²) in [5, 5.41) is 14.6. The molecule has 1 fully saturated rings. The van der Waals surface area contributed by atoms with Gasteiger partial charge < -0.3 is 15.0 Å². The molecule has 43 heavy (non-hydrogen) atoms. The van der Waals surface area contributed by atoms with E-state index < -0.39 is 39.9 Å². The van der Waals surface area contributed by atoms with Gasteiger partial charge in [-0.05, 0) is 41.0 Å². The number of hydrogen-bond acceptors (Lipinski definition) is 7. The van der Waals surface area contributed by atoms with Crippen LogP contribution in [0.1, 0.15) is 43.4 Å². The lowest BCUT2D eigenvalue weighted by Crippen LogP contribution is -2.49. The van der Waals surface area contributed by atoms with Gasteiger partial charge in [0.1, 0.15) is 17.2 Å². The first kappa shape index (κ1) is 26.3. The largest absolute Gasteiger partial charge is 0.497 e. The number of carbonyl (C=O) groups excluding carboxylic acids is 3. The fourth-order valence-corrected chi connectivity index (χ4v) is 7.07. The number of non-ortho nitro benzene ring substituents is 1. The van der Waals surface area contributed by atoms with E-state index >= 15 is 0 Å². The van der Waals surface area contributed by atoms with Crippen molar-refractivity contribution in [3.8, 4) is 5.75 Å². The van der Waals surface area contributed by atoms with Crippen molar-refractivity contribution >= 4 is 34.9 Å². The van der Waals surface area contributed by atoms with Gasteiger partial charge >= 0.3 is 0 Å². The lowest BCUT2D eigenvalue weighted by atomic mass is 9.62. The van der Waals surface area contributed by atoms with Crippen molar-refractivity contribution in [1.82, 2.24) is 4.90 Å². The van der Waals surface area contributed by atoms with Crippen molar-refractivity contribution in [2.45, 2.75) is 17.5 Å². The smallest absolute Gasteiger partial charge is 0.270 e. The Labute approximate surface area is 246 Å². The Morgan fingerprint density at radius 2 is 1.63 bits per heavy atom. The molecule has 9 heteroatoms. The molecule has 212 valence electrons. The number of para-hydroxylation sites is 1. The number of nitrogens with one attached hydrogen (secondary N) is 1. The molecule has 0 saturated carbocycles. The van der Waals surface area contributed by atoms with Gasteiger partial charge in [-0.25, -0.2) is 0 Å². The van der Waals surface area contributed by atoms with Crippen LogP contribution >= 0.6 is 0 Å². The van der Waals surface area contributed by atoms with E-state index in [1.165, 1.54) is 31.4 Å². The van der Waals surface area contributed by atoms with Crippen molar-refractivity contribution in [1.29, 1.82) is 0 Å². The molecule has 4 unspecified atom stereocenters. The highest BCUT2D eigenvalue weighted by Crippen LogP contribution is 2.62. The second-order valence-electron chi connectivity index (χ2n) is 10.9. The number of benzene rings is 4. The molecule has 4 aromatic carbocycles. The summed E-state index contributed by atoms with van der Waals surface area (Å²) in [5.41, 5.74) is 1.49. The number of rotatable bonds is 6. The minimum Gasteiger partial charge on any atom is -0.497 e. The van der Waals surface area contributed by atoms with Gasteiger partial charge in [0.05, 0.1) is 24.0 Å². The van der Waals surface area contributed by atoms with Crippen LogP contribution < -0.4 is 10.1 Å². The second kappa shape index (κ2) is 9.77. The summed E-state index contributed by atoms with van der Waals surface area (Å²) in [6.45, 7) is 0. The van der Waals surface area contributed by atoms with E-state index in [2.05, 4.69) is 5.32 Å². The molecular weight excluding hydrogens is 546 g/mol. The Balaban J connectivity index is 1.53. The molecule has 4 aromatic rings. The number of nitro benzene ring substituents is 1. The maximum Gasteiger partial charge on any atom is 0.270 e. The summed E-state index contributed by atoms with van der Waals surface area (Å²) in [7, 11) is 1.50. The third kappa shape index (κ3) is 3.74. The first-order valence-electron chi connectivity index (χ1n) is 13.8.